The third-order valence-corrected chi connectivity index (χ3v) is 7.20. The van der Waals surface area contributed by atoms with Crippen LogP contribution in [0.25, 0.3) is 0 Å². The Hall–Kier alpha value is -3.35. The Labute approximate surface area is 201 Å². The van der Waals surface area contributed by atoms with Crippen LogP contribution in [0.3, 0.4) is 0 Å². The van der Waals surface area contributed by atoms with Crippen molar-refractivity contribution in [3.8, 4) is 5.75 Å². The van der Waals surface area contributed by atoms with Crippen LogP contribution in [0.1, 0.15) is 58.9 Å². The lowest BCUT2D eigenvalue weighted by Crippen LogP contribution is -2.67. The summed E-state index contributed by atoms with van der Waals surface area (Å²) in [6.07, 6.45) is 1.08. The van der Waals surface area contributed by atoms with Crippen molar-refractivity contribution in [2.75, 3.05) is 34.3 Å². The summed E-state index contributed by atoms with van der Waals surface area (Å²) in [5.41, 5.74) is 1.30. The monoisotopic (exact) mass is 463 g/mol. The van der Waals surface area contributed by atoms with Crippen LogP contribution < -0.4 is 4.74 Å². The van der Waals surface area contributed by atoms with Gasteiger partial charge in [0.15, 0.2) is 0 Å². The highest BCUT2D eigenvalue weighted by molar-refractivity contribution is 6.02. The van der Waals surface area contributed by atoms with E-state index in [9.17, 15) is 14.4 Å². The van der Waals surface area contributed by atoms with Crippen LogP contribution in [0, 0.1) is 0 Å². The highest BCUT2D eigenvalue weighted by Crippen LogP contribution is 2.48. The van der Waals surface area contributed by atoms with E-state index in [0.717, 1.165) is 5.56 Å². The number of benzene rings is 2. The third kappa shape index (κ3) is 3.83. The number of fused-ring (bicyclic) bond motifs is 1. The molecule has 1 fully saturated rings. The molecule has 0 aliphatic carbocycles. The summed E-state index contributed by atoms with van der Waals surface area (Å²) < 4.78 is 5.20. The molecule has 7 heteroatoms. The molecule has 2 aromatic carbocycles. The van der Waals surface area contributed by atoms with Crippen molar-refractivity contribution in [1.29, 1.82) is 0 Å². The van der Waals surface area contributed by atoms with Crippen molar-refractivity contribution in [3.05, 3.63) is 65.2 Å². The Morgan fingerprint density at radius 3 is 2.21 bits per heavy atom. The first kappa shape index (κ1) is 23.8. The average Bonchev–Trinajstić information content (AvgIpc) is 2.84. The molecule has 1 unspecified atom stereocenters. The van der Waals surface area contributed by atoms with Crippen molar-refractivity contribution in [1.82, 2.24) is 14.7 Å². The van der Waals surface area contributed by atoms with Gasteiger partial charge < -0.3 is 19.4 Å². The molecule has 0 saturated carbocycles. The smallest absolute Gasteiger partial charge is 0.254 e. The highest BCUT2D eigenvalue weighted by Gasteiger charge is 2.56. The molecule has 0 bridgehead atoms. The zero-order valence-corrected chi connectivity index (χ0v) is 20.6. The van der Waals surface area contributed by atoms with Gasteiger partial charge in [0.1, 0.15) is 5.75 Å². The quantitative estimate of drug-likeness (QED) is 0.697. The lowest BCUT2D eigenvalue weighted by molar-refractivity contribution is -0.136. The highest BCUT2D eigenvalue weighted by atomic mass is 16.5. The first-order valence-corrected chi connectivity index (χ1v) is 11.8. The van der Waals surface area contributed by atoms with Crippen LogP contribution >= 0.6 is 0 Å². The standard InChI is InChI=1S/C27H33N3O4/c1-18(2)30-25(32)22-9-7-6-8-21(22)23(26(33)28(3)4)27(30)14-16-29(17-15-27)24(31)19-10-12-20(34-5)13-11-19/h6-13,18,23H,14-17H2,1-5H3. The van der Waals surface area contributed by atoms with E-state index in [1.54, 1.807) is 50.4 Å². The number of nitrogens with zero attached hydrogens (tertiary/aromatic N) is 3. The maximum atomic E-state index is 13.7. The summed E-state index contributed by atoms with van der Waals surface area (Å²) in [7, 11) is 5.12. The molecule has 34 heavy (non-hydrogen) atoms. The second-order valence-electron chi connectivity index (χ2n) is 9.65. The Morgan fingerprint density at radius 2 is 1.65 bits per heavy atom. The Morgan fingerprint density at radius 1 is 1.03 bits per heavy atom. The SMILES string of the molecule is COc1ccc(C(=O)N2CCC3(CC2)C(C(=O)N(C)C)c2ccccc2C(=O)N3C(C)C)cc1. The van der Waals surface area contributed by atoms with Gasteiger partial charge in [0.25, 0.3) is 11.8 Å². The first-order valence-electron chi connectivity index (χ1n) is 11.8. The second kappa shape index (κ2) is 9.12. The van der Waals surface area contributed by atoms with E-state index in [4.69, 9.17) is 4.74 Å². The van der Waals surface area contributed by atoms with Crippen LogP contribution in [0.4, 0.5) is 0 Å². The lowest BCUT2D eigenvalue weighted by atomic mass is 9.66. The molecule has 0 radical (unpaired) electrons. The summed E-state index contributed by atoms with van der Waals surface area (Å²) in [6, 6.07) is 14.5. The Balaban J connectivity index is 1.70. The maximum Gasteiger partial charge on any atom is 0.254 e. The van der Waals surface area contributed by atoms with Crippen molar-refractivity contribution in [2.24, 2.45) is 0 Å². The molecule has 1 atom stereocenters. The number of likely N-dealkylation sites (N-methyl/N-ethyl adjacent to an activating group) is 1. The Bertz CT molecular complexity index is 1090. The largest absolute Gasteiger partial charge is 0.497 e. The van der Waals surface area contributed by atoms with Crippen molar-refractivity contribution in [2.45, 2.75) is 44.2 Å². The van der Waals surface area contributed by atoms with Gasteiger partial charge in [-0.15, -0.1) is 0 Å². The van der Waals surface area contributed by atoms with Gasteiger partial charge in [0.05, 0.1) is 18.6 Å². The normalized spacial score (nSPS) is 19.2. The zero-order chi connectivity index (χ0) is 24.6. The summed E-state index contributed by atoms with van der Waals surface area (Å²) in [4.78, 5) is 45.8. The van der Waals surface area contributed by atoms with E-state index in [2.05, 4.69) is 0 Å². The first-order chi connectivity index (χ1) is 16.2. The van der Waals surface area contributed by atoms with Crippen LogP contribution in [0.15, 0.2) is 48.5 Å². The van der Waals surface area contributed by atoms with Gasteiger partial charge in [0, 0.05) is 44.4 Å². The van der Waals surface area contributed by atoms with E-state index in [0.29, 0.717) is 42.8 Å². The molecular weight excluding hydrogens is 430 g/mol. The van der Waals surface area contributed by atoms with Gasteiger partial charge >= 0.3 is 0 Å². The number of hydrogen-bond donors (Lipinski definition) is 0. The van der Waals surface area contributed by atoms with Gasteiger partial charge in [-0.05, 0) is 62.6 Å². The predicted molar refractivity (Wildman–Crippen MR) is 130 cm³/mol. The lowest BCUT2D eigenvalue weighted by Gasteiger charge is -2.56. The summed E-state index contributed by atoms with van der Waals surface area (Å²) in [5, 5.41) is 0. The topological polar surface area (TPSA) is 70.2 Å². The van der Waals surface area contributed by atoms with E-state index in [1.165, 1.54) is 0 Å². The molecule has 2 heterocycles. The number of carbonyl (C=O) groups excluding carboxylic acids is 3. The molecule has 0 aromatic heterocycles. The minimum absolute atomic E-state index is 0.0134. The molecule has 1 saturated heterocycles. The van der Waals surface area contributed by atoms with E-state index < -0.39 is 11.5 Å². The van der Waals surface area contributed by atoms with Gasteiger partial charge in [-0.3, -0.25) is 14.4 Å². The molecule has 2 aliphatic heterocycles. The van der Waals surface area contributed by atoms with E-state index in [-0.39, 0.29) is 23.8 Å². The summed E-state index contributed by atoms with van der Waals surface area (Å²) in [5.74, 6) is 0.124. The van der Waals surface area contributed by atoms with Gasteiger partial charge in [-0.1, -0.05) is 18.2 Å². The predicted octanol–water partition coefficient (Wildman–Crippen LogP) is 3.41. The molecule has 4 rings (SSSR count). The van der Waals surface area contributed by atoms with Crippen LogP contribution in [0.2, 0.25) is 0 Å². The van der Waals surface area contributed by atoms with Crippen molar-refractivity contribution < 1.29 is 19.1 Å². The maximum absolute atomic E-state index is 13.7. The molecule has 3 amide bonds. The van der Waals surface area contributed by atoms with Gasteiger partial charge in [0.2, 0.25) is 5.91 Å². The fourth-order valence-corrected chi connectivity index (χ4v) is 5.62. The number of piperidine rings is 1. The molecule has 0 N–H and O–H groups in total. The number of carbonyl (C=O) groups is 3. The fraction of sp³-hybridized carbons (Fsp3) is 0.444. The van der Waals surface area contributed by atoms with Crippen molar-refractivity contribution >= 4 is 17.7 Å². The molecule has 7 nitrogen and oxygen atoms in total. The van der Waals surface area contributed by atoms with E-state index >= 15 is 0 Å². The third-order valence-electron chi connectivity index (χ3n) is 7.20. The number of hydrogen-bond acceptors (Lipinski definition) is 4. The number of likely N-dealkylation sites (tertiary alicyclic amines) is 1. The second-order valence-corrected chi connectivity index (χ2v) is 9.65. The number of ether oxygens (including phenoxy) is 1. The molecule has 180 valence electrons. The Kier molecular flexibility index (Phi) is 6.39. The van der Waals surface area contributed by atoms with Gasteiger partial charge in [-0.2, -0.15) is 0 Å². The number of amides is 3. The van der Waals surface area contributed by atoms with Crippen LogP contribution in [0.5, 0.6) is 5.75 Å². The summed E-state index contributed by atoms with van der Waals surface area (Å²) >= 11 is 0. The molecule has 1 spiro atoms. The number of methoxy groups -OCH3 is 1. The van der Waals surface area contributed by atoms with Gasteiger partial charge in [-0.25, -0.2) is 0 Å². The average molecular weight is 464 g/mol. The zero-order valence-electron chi connectivity index (χ0n) is 20.6. The molecule has 2 aromatic rings. The van der Waals surface area contributed by atoms with Crippen LogP contribution in [-0.4, -0.2) is 78.3 Å². The molecule has 2 aliphatic rings. The molecular formula is C27H33N3O4. The fourth-order valence-electron chi connectivity index (χ4n) is 5.62. The minimum Gasteiger partial charge on any atom is -0.497 e. The summed E-state index contributed by atoms with van der Waals surface area (Å²) in [6.45, 7) is 4.95. The minimum atomic E-state index is -0.683. The number of rotatable bonds is 4. The van der Waals surface area contributed by atoms with Crippen LogP contribution in [-0.2, 0) is 4.79 Å². The van der Waals surface area contributed by atoms with E-state index in [1.807, 2.05) is 47.9 Å². The van der Waals surface area contributed by atoms with Crippen molar-refractivity contribution in [3.63, 3.8) is 0 Å².